The molecule has 8 atom stereocenters. The van der Waals surface area contributed by atoms with Crippen molar-refractivity contribution in [1.29, 1.82) is 0 Å². The maximum absolute atomic E-state index is 10.9. The van der Waals surface area contributed by atoms with Crippen molar-refractivity contribution < 1.29 is 10.2 Å². The van der Waals surface area contributed by atoms with Crippen LogP contribution in [0.25, 0.3) is 0 Å². The molecule has 0 aromatic rings. The van der Waals surface area contributed by atoms with Gasteiger partial charge in [-0.15, -0.1) is 0 Å². The van der Waals surface area contributed by atoms with E-state index in [0.717, 1.165) is 42.9 Å². The van der Waals surface area contributed by atoms with Gasteiger partial charge in [0.25, 0.3) is 0 Å². The Hall–Kier alpha value is -0.0800. The molecular weight excluding hydrogens is 272 g/mol. The van der Waals surface area contributed by atoms with Gasteiger partial charge in [0.1, 0.15) is 0 Å². The van der Waals surface area contributed by atoms with Crippen LogP contribution in [0, 0.1) is 34.5 Å². The summed E-state index contributed by atoms with van der Waals surface area (Å²) in [4.78, 5) is 0. The van der Waals surface area contributed by atoms with Crippen molar-refractivity contribution >= 4 is 0 Å². The van der Waals surface area contributed by atoms with Crippen LogP contribution < -0.4 is 0 Å². The molecule has 0 aromatic carbocycles. The molecule has 0 radical (unpaired) electrons. The Morgan fingerprint density at radius 1 is 0.818 bits per heavy atom. The summed E-state index contributed by atoms with van der Waals surface area (Å²) in [6.07, 6.45) is 10.6. The smallest absolute Gasteiger partial charge is 0.0675 e. The van der Waals surface area contributed by atoms with Crippen LogP contribution in [-0.2, 0) is 0 Å². The highest BCUT2D eigenvalue weighted by Gasteiger charge is 2.63. The van der Waals surface area contributed by atoms with Gasteiger partial charge >= 0.3 is 0 Å². The van der Waals surface area contributed by atoms with Crippen LogP contribution >= 0.6 is 0 Å². The number of rotatable bonds is 0. The summed E-state index contributed by atoms with van der Waals surface area (Å²) in [6, 6.07) is 0. The highest BCUT2D eigenvalue weighted by atomic mass is 16.3. The fourth-order valence-corrected chi connectivity index (χ4v) is 7.48. The summed E-state index contributed by atoms with van der Waals surface area (Å²) in [6.45, 7) is 7.01. The number of hydrogen-bond donors (Lipinski definition) is 2. The molecule has 4 aliphatic carbocycles. The third-order valence-electron chi connectivity index (χ3n) is 9.20. The van der Waals surface area contributed by atoms with Crippen LogP contribution in [0.4, 0.5) is 0 Å². The molecule has 0 aliphatic heterocycles. The highest BCUT2D eigenvalue weighted by molar-refractivity contribution is 5.12. The summed E-state index contributed by atoms with van der Waals surface area (Å²) < 4.78 is 0. The molecule has 4 fully saturated rings. The Morgan fingerprint density at radius 3 is 2.32 bits per heavy atom. The van der Waals surface area contributed by atoms with Crippen LogP contribution in [0.1, 0.15) is 78.6 Å². The molecule has 4 aliphatic rings. The van der Waals surface area contributed by atoms with E-state index in [1.807, 2.05) is 0 Å². The second-order valence-corrected chi connectivity index (χ2v) is 9.85. The maximum atomic E-state index is 10.9. The molecule has 126 valence electrons. The Labute approximate surface area is 135 Å². The lowest BCUT2D eigenvalue weighted by molar-refractivity contribution is -0.153. The van der Waals surface area contributed by atoms with E-state index < -0.39 is 5.60 Å². The molecule has 0 bridgehead atoms. The number of aliphatic hydroxyl groups excluding tert-OH is 1. The molecule has 0 heterocycles. The van der Waals surface area contributed by atoms with Gasteiger partial charge in [-0.1, -0.05) is 13.8 Å². The van der Waals surface area contributed by atoms with E-state index in [0.29, 0.717) is 5.41 Å². The van der Waals surface area contributed by atoms with Crippen LogP contribution in [0.2, 0.25) is 0 Å². The van der Waals surface area contributed by atoms with Crippen molar-refractivity contribution in [2.45, 2.75) is 90.3 Å². The average Bonchev–Trinajstić information content (AvgIpc) is 2.70. The lowest BCUT2D eigenvalue weighted by atomic mass is 9.44. The van der Waals surface area contributed by atoms with E-state index in [1.54, 1.807) is 0 Å². The van der Waals surface area contributed by atoms with Gasteiger partial charge in [0.15, 0.2) is 0 Å². The SMILES string of the molecule is C[C@]12CC[C@@H](O)C[C@H]1CC[C@@H]1[C@@H]2CC[C@]2(C)[C@H]1CC[C@]2(C)O. The second-order valence-electron chi connectivity index (χ2n) is 9.85. The molecule has 4 saturated carbocycles. The topological polar surface area (TPSA) is 40.5 Å². The molecule has 0 aromatic heterocycles. The first kappa shape index (κ1) is 15.4. The minimum Gasteiger partial charge on any atom is -0.393 e. The predicted octanol–water partition coefficient (Wildman–Crippen LogP) is 4.14. The van der Waals surface area contributed by atoms with E-state index >= 15 is 0 Å². The molecule has 0 amide bonds. The zero-order chi connectivity index (χ0) is 15.8. The fourth-order valence-electron chi connectivity index (χ4n) is 7.48. The van der Waals surface area contributed by atoms with Crippen molar-refractivity contribution in [3.05, 3.63) is 0 Å². The maximum Gasteiger partial charge on any atom is 0.0675 e. The molecule has 0 spiro atoms. The highest BCUT2D eigenvalue weighted by Crippen LogP contribution is 2.68. The summed E-state index contributed by atoms with van der Waals surface area (Å²) in [5.41, 5.74) is 0.145. The molecule has 0 saturated heterocycles. The normalized spacial score (nSPS) is 61.2. The van der Waals surface area contributed by atoms with Crippen molar-refractivity contribution in [3.8, 4) is 0 Å². The first-order valence-electron chi connectivity index (χ1n) is 9.68. The van der Waals surface area contributed by atoms with E-state index in [1.165, 1.54) is 38.5 Å². The molecule has 22 heavy (non-hydrogen) atoms. The summed E-state index contributed by atoms with van der Waals surface area (Å²) in [5, 5.41) is 21.0. The van der Waals surface area contributed by atoms with Gasteiger partial charge in [-0.25, -0.2) is 0 Å². The molecule has 2 heteroatoms. The van der Waals surface area contributed by atoms with E-state index in [9.17, 15) is 10.2 Å². The van der Waals surface area contributed by atoms with E-state index in [4.69, 9.17) is 0 Å². The van der Waals surface area contributed by atoms with Crippen LogP contribution in [-0.4, -0.2) is 21.9 Å². The van der Waals surface area contributed by atoms with Crippen LogP contribution in [0.5, 0.6) is 0 Å². The first-order valence-corrected chi connectivity index (χ1v) is 9.68. The monoisotopic (exact) mass is 306 g/mol. The fraction of sp³-hybridized carbons (Fsp3) is 1.00. The van der Waals surface area contributed by atoms with Crippen LogP contribution in [0.3, 0.4) is 0 Å². The Balaban J connectivity index is 1.64. The quantitative estimate of drug-likeness (QED) is 0.706. The Bertz CT molecular complexity index is 459. The lowest BCUT2D eigenvalue weighted by Gasteiger charge is -2.61. The minimum absolute atomic E-state index is 0.0457. The molecule has 2 nitrogen and oxygen atoms in total. The summed E-state index contributed by atoms with van der Waals surface area (Å²) >= 11 is 0. The van der Waals surface area contributed by atoms with E-state index in [-0.39, 0.29) is 11.5 Å². The van der Waals surface area contributed by atoms with Crippen molar-refractivity contribution in [3.63, 3.8) is 0 Å². The number of hydrogen-bond acceptors (Lipinski definition) is 2. The van der Waals surface area contributed by atoms with Gasteiger partial charge in [-0.05, 0) is 99.2 Å². The van der Waals surface area contributed by atoms with Gasteiger partial charge in [0, 0.05) is 0 Å². The largest absolute Gasteiger partial charge is 0.393 e. The number of aliphatic hydroxyl groups is 2. The number of fused-ring (bicyclic) bond motifs is 5. The first-order chi connectivity index (χ1) is 10.3. The minimum atomic E-state index is -0.455. The van der Waals surface area contributed by atoms with Crippen molar-refractivity contribution in [1.82, 2.24) is 0 Å². The third-order valence-corrected chi connectivity index (χ3v) is 9.20. The lowest BCUT2D eigenvalue weighted by Crippen LogP contribution is -2.56. The molecular formula is C20H34O2. The van der Waals surface area contributed by atoms with E-state index in [2.05, 4.69) is 20.8 Å². The molecule has 4 rings (SSSR count). The van der Waals surface area contributed by atoms with Gasteiger partial charge in [-0.2, -0.15) is 0 Å². The van der Waals surface area contributed by atoms with Crippen molar-refractivity contribution in [2.75, 3.05) is 0 Å². The third kappa shape index (κ3) is 1.86. The van der Waals surface area contributed by atoms with Crippen LogP contribution in [0.15, 0.2) is 0 Å². The van der Waals surface area contributed by atoms with Gasteiger partial charge < -0.3 is 10.2 Å². The average molecular weight is 306 g/mol. The van der Waals surface area contributed by atoms with Gasteiger partial charge in [-0.3, -0.25) is 0 Å². The van der Waals surface area contributed by atoms with Gasteiger partial charge in [0.2, 0.25) is 0 Å². The standard InChI is InChI=1S/C20H34O2/c1-18-9-6-14(21)12-13(18)4-5-15-16(18)7-10-19(2)17(15)8-11-20(19,3)22/h13-17,21-22H,4-12H2,1-3H3/t13-,14-,15-,16+,17+,18+,19-,20+/m1/s1. The second kappa shape index (κ2) is 4.72. The predicted molar refractivity (Wildman–Crippen MR) is 88.4 cm³/mol. The summed E-state index contributed by atoms with van der Waals surface area (Å²) in [7, 11) is 0. The van der Waals surface area contributed by atoms with Crippen molar-refractivity contribution in [2.24, 2.45) is 34.5 Å². The zero-order valence-electron chi connectivity index (χ0n) is 14.6. The Kier molecular flexibility index (Phi) is 3.32. The van der Waals surface area contributed by atoms with Gasteiger partial charge in [0.05, 0.1) is 11.7 Å². The zero-order valence-corrected chi connectivity index (χ0v) is 14.6. The molecule has 0 unspecified atom stereocenters. The Morgan fingerprint density at radius 2 is 1.55 bits per heavy atom. The summed E-state index contributed by atoms with van der Waals surface area (Å²) in [5.74, 6) is 3.13. The molecule has 2 N–H and O–H groups in total.